The quantitative estimate of drug-likeness (QED) is 0.732. The normalized spacial score (nSPS) is 35.1. The Bertz CT molecular complexity index is 732. The fourth-order valence-corrected chi connectivity index (χ4v) is 4.85. The molecule has 0 fully saturated rings. The average Bonchev–Trinajstić information content (AvgIpc) is 2.66. The zero-order valence-corrected chi connectivity index (χ0v) is 14.8. The van der Waals surface area contributed by atoms with Crippen molar-refractivity contribution >= 4 is 5.78 Å². The minimum atomic E-state index is -1.45. The van der Waals surface area contributed by atoms with Crippen LogP contribution in [-0.2, 0) is 9.53 Å². The summed E-state index contributed by atoms with van der Waals surface area (Å²) in [6.07, 6.45) is 10.1. The highest BCUT2D eigenvalue weighted by atomic mass is 16.6. The lowest BCUT2D eigenvalue weighted by Crippen LogP contribution is -2.41. The van der Waals surface area contributed by atoms with Crippen LogP contribution in [-0.4, -0.2) is 23.3 Å². The number of fused-ring (bicyclic) bond motifs is 3. The van der Waals surface area contributed by atoms with Gasteiger partial charge in [0.15, 0.2) is 5.78 Å². The first-order valence-electron chi connectivity index (χ1n) is 9.10. The van der Waals surface area contributed by atoms with E-state index in [1.807, 2.05) is 0 Å². The molecule has 1 aliphatic heterocycles. The second-order valence-corrected chi connectivity index (χ2v) is 8.31. The van der Waals surface area contributed by atoms with Gasteiger partial charge in [-0.3, -0.25) is 4.79 Å². The highest BCUT2D eigenvalue weighted by molar-refractivity contribution is 6.02. The maximum Gasteiger partial charge on any atom is 0.214 e. The second-order valence-electron chi connectivity index (χ2n) is 8.31. The number of rotatable bonds is 0. The van der Waals surface area contributed by atoms with Gasteiger partial charge >= 0.3 is 0 Å². The molecule has 3 nitrogen and oxygen atoms in total. The lowest BCUT2D eigenvalue weighted by Gasteiger charge is -2.41. The maximum absolute atomic E-state index is 12.0. The summed E-state index contributed by atoms with van der Waals surface area (Å²) in [6, 6.07) is 0. The van der Waals surface area contributed by atoms with Crippen LogP contribution in [0.4, 0.5) is 0 Å². The predicted molar refractivity (Wildman–Crippen MR) is 93.2 cm³/mol. The average molecular weight is 326 g/mol. The number of carbonyl (C=O) groups excluding carboxylic acids is 1. The third-order valence-corrected chi connectivity index (χ3v) is 6.32. The summed E-state index contributed by atoms with van der Waals surface area (Å²) in [5.74, 6) is -1.11. The molecular formula is C21H26O3. The van der Waals surface area contributed by atoms with Crippen molar-refractivity contribution in [2.24, 2.45) is 11.3 Å². The van der Waals surface area contributed by atoms with Crippen LogP contribution in [0.5, 0.6) is 0 Å². The van der Waals surface area contributed by atoms with Crippen molar-refractivity contribution in [3.05, 3.63) is 46.1 Å². The Morgan fingerprint density at radius 3 is 2.88 bits per heavy atom. The Kier molecular flexibility index (Phi) is 3.52. The van der Waals surface area contributed by atoms with Gasteiger partial charge in [-0.05, 0) is 78.4 Å². The van der Waals surface area contributed by atoms with E-state index in [2.05, 4.69) is 20.8 Å². The van der Waals surface area contributed by atoms with Gasteiger partial charge in [-0.2, -0.15) is 0 Å². The van der Waals surface area contributed by atoms with E-state index in [0.717, 1.165) is 31.3 Å². The standard InChI is InChI=1S/C21H26O3/c1-13-6-7-17-15(5-4-9-20(17,2)3)19-16(13)12-24-21(23)10-8-14(22)11-18(19)21/h8,10-11,13,23H,4-7,9,12H2,1-3H3/t13-,21+/m0/s1. The molecule has 0 radical (unpaired) electrons. The molecule has 0 amide bonds. The number of allylic oxidation sites excluding steroid dienone is 4. The lowest BCUT2D eigenvalue weighted by atomic mass is 9.68. The van der Waals surface area contributed by atoms with Crippen LogP contribution in [0.15, 0.2) is 46.1 Å². The fourth-order valence-electron chi connectivity index (χ4n) is 4.85. The van der Waals surface area contributed by atoms with Crippen molar-refractivity contribution in [1.82, 2.24) is 0 Å². The van der Waals surface area contributed by atoms with E-state index in [9.17, 15) is 9.90 Å². The van der Waals surface area contributed by atoms with Crippen LogP contribution in [0.2, 0.25) is 0 Å². The van der Waals surface area contributed by atoms with Crippen LogP contribution in [0, 0.1) is 11.3 Å². The zero-order chi connectivity index (χ0) is 17.1. The van der Waals surface area contributed by atoms with Crippen LogP contribution in [0.3, 0.4) is 0 Å². The van der Waals surface area contributed by atoms with Crippen molar-refractivity contribution in [3.8, 4) is 0 Å². The van der Waals surface area contributed by atoms with Crippen LogP contribution in [0.25, 0.3) is 0 Å². The monoisotopic (exact) mass is 326 g/mol. The minimum Gasteiger partial charge on any atom is -0.359 e. The van der Waals surface area contributed by atoms with Crippen LogP contribution >= 0.6 is 0 Å². The number of hydrogen-bond donors (Lipinski definition) is 1. The molecule has 2 atom stereocenters. The van der Waals surface area contributed by atoms with Crippen molar-refractivity contribution in [1.29, 1.82) is 0 Å². The summed E-state index contributed by atoms with van der Waals surface area (Å²) >= 11 is 0. The molecule has 3 aliphatic carbocycles. The van der Waals surface area contributed by atoms with E-state index < -0.39 is 5.79 Å². The minimum absolute atomic E-state index is 0.0684. The van der Waals surface area contributed by atoms with Crippen molar-refractivity contribution in [3.63, 3.8) is 0 Å². The molecule has 0 spiro atoms. The third-order valence-electron chi connectivity index (χ3n) is 6.32. The third kappa shape index (κ3) is 2.29. The first kappa shape index (κ1) is 16.0. The van der Waals surface area contributed by atoms with Crippen LogP contribution in [0.1, 0.15) is 52.9 Å². The fraction of sp³-hybridized carbons (Fsp3) is 0.571. The van der Waals surface area contributed by atoms with Gasteiger partial charge < -0.3 is 9.84 Å². The van der Waals surface area contributed by atoms with E-state index in [4.69, 9.17) is 4.74 Å². The molecule has 0 bridgehead atoms. The molecule has 1 heterocycles. The first-order chi connectivity index (χ1) is 11.3. The second kappa shape index (κ2) is 5.27. The Hall–Kier alpha value is -1.45. The molecular weight excluding hydrogens is 300 g/mol. The smallest absolute Gasteiger partial charge is 0.214 e. The molecule has 4 rings (SSSR count). The van der Waals surface area contributed by atoms with E-state index in [-0.39, 0.29) is 11.2 Å². The molecule has 24 heavy (non-hydrogen) atoms. The predicted octanol–water partition coefficient (Wildman–Crippen LogP) is 4.00. The van der Waals surface area contributed by atoms with E-state index in [0.29, 0.717) is 18.1 Å². The van der Waals surface area contributed by atoms with Crippen molar-refractivity contribution in [2.75, 3.05) is 6.61 Å². The number of ketones is 1. The Morgan fingerprint density at radius 2 is 2.08 bits per heavy atom. The lowest BCUT2D eigenvalue weighted by molar-refractivity contribution is -0.139. The van der Waals surface area contributed by atoms with E-state index in [1.165, 1.54) is 35.3 Å². The summed E-state index contributed by atoms with van der Waals surface area (Å²) in [6.45, 7) is 7.36. The Balaban J connectivity index is 1.96. The van der Waals surface area contributed by atoms with Gasteiger partial charge in [0.1, 0.15) is 0 Å². The Morgan fingerprint density at radius 1 is 1.29 bits per heavy atom. The molecule has 1 N–H and O–H groups in total. The summed E-state index contributed by atoms with van der Waals surface area (Å²) in [4.78, 5) is 12.0. The van der Waals surface area contributed by atoms with E-state index in [1.54, 1.807) is 6.08 Å². The number of ether oxygens (including phenoxy) is 1. The molecule has 0 saturated heterocycles. The van der Waals surface area contributed by atoms with Crippen molar-refractivity contribution in [2.45, 2.75) is 58.7 Å². The van der Waals surface area contributed by atoms with Gasteiger partial charge in [0.2, 0.25) is 5.79 Å². The molecule has 128 valence electrons. The summed E-state index contributed by atoms with van der Waals surface area (Å²) in [7, 11) is 0. The summed E-state index contributed by atoms with van der Waals surface area (Å²) in [5.41, 5.74) is 6.15. The summed E-state index contributed by atoms with van der Waals surface area (Å²) < 4.78 is 5.81. The molecule has 0 unspecified atom stereocenters. The van der Waals surface area contributed by atoms with Gasteiger partial charge in [-0.1, -0.05) is 26.3 Å². The first-order valence-corrected chi connectivity index (χ1v) is 9.10. The van der Waals surface area contributed by atoms with Gasteiger partial charge in [-0.15, -0.1) is 0 Å². The topological polar surface area (TPSA) is 46.5 Å². The molecule has 4 aliphatic rings. The van der Waals surface area contributed by atoms with Crippen LogP contribution < -0.4 is 0 Å². The number of aliphatic hydroxyl groups is 1. The highest BCUT2D eigenvalue weighted by Crippen LogP contribution is 2.52. The molecule has 0 aromatic heterocycles. The van der Waals surface area contributed by atoms with Gasteiger partial charge in [-0.25, -0.2) is 0 Å². The van der Waals surface area contributed by atoms with E-state index >= 15 is 0 Å². The largest absolute Gasteiger partial charge is 0.359 e. The molecule has 0 aromatic carbocycles. The van der Waals surface area contributed by atoms with Gasteiger partial charge in [0.05, 0.1) is 6.61 Å². The highest BCUT2D eigenvalue weighted by Gasteiger charge is 2.44. The number of hydrogen-bond acceptors (Lipinski definition) is 3. The molecule has 0 saturated carbocycles. The molecule has 0 aromatic rings. The SMILES string of the molecule is C[C@H]1CCC2=C(CCCC2(C)C)C2=C1CO[C@]1(O)C=CC(=O)C=C21. The Labute approximate surface area is 143 Å². The maximum atomic E-state index is 12.0. The summed E-state index contributed by atoms with van der Waals surface area (Å²) in [5, 5.41) is 11.0. The van der Waals surface area contributed by atoms with Gasteiger partial charge in [0.25, 0.3) is 0 Å². The van der Waals surface area contributed by atoms with Gasteiger partial charge in [0, 0.05) is 5.57 Å². The molecule has 3 heteroatoms. The zero-order valence-electron chi connectivity index (χ0n) is 14.8. The van der Waals surface area contributed by atoms with Crippen molar-refractivity contribution < 1.29 is 14.6 Å². The number of carbonyl (C=O) groups is 1.